The van der Waals surface area contributed by atoms with E-state index in [4.69, 9.17) is 16.6 Å². The monoisotopic (exact) mass is 435 g/mol. The van der Waals surface area contributed by atoms with Crippen LogP contribution < -0.4 is 27.4 Å². The quantitative estimate of drug-likeness (QED) is 0.145. The minimum absolute atomic E-state index is 0.204. The summed E-state index contributed by atoms with van der Waals surface area (Å²) >= 11 is 3.82. The predicted molar refractivity (Wildman–Crippen MR) is 106 cm³/mol. The molecule has 0 fully saturated rings. The van der Waals surface area contributed by atoms with Gasteiger partial charge in [0.2, 0.25) is 23.6 Å². The molecule has 0 bridgehead atoms. The van der Waals surface area contributed by atoms with Gasteiger partial charge in [-0.25, -0.2) is 4.79 Å². The molecule has 0 aromatic carbocycles. The number of rotatable bonds is 12. The summed E-state index contributed by atoms with van der Waals surface area (Å²) in [6, 6.07) is -5.21. The van der Waals surface area contributed by atoms with E-state index in [1.165, 1.54) is 6.92 Å². The average molecular weight is 436 g/mol. The number of carboxylic acids is 1. The number of carbonyl (C=O) groups excluding carboxylic acids is 4. The second-order valence-electron chi connectivity index (χ2n) is 6.82. The number of nitrogens with one attached hydrogen (secondary N) is 3. The number of aliphatic hydroxyl groups excluding tert-OH is 1. The maximum Gasteiger partial charge on any atom is 0.327 e. The van der Waals surface area contributed by atoms with Crippen LogP contribution in [0, 0.1) is 5.92 Å². The fraction of sp³-hybridized carbons (Fsp3) is 0.688. The first-order valence-electron chi connectivity index (χ1n) is 8.78. The number of carboxylic acid groups (broad SMARTS) is 1. The Balaban J connectivity index is 5.28. The number of hydrogen-bond acceptors (Lipinski definition) is 8. The molecule has 0 aromatic rings. The second-order valence-corrected chi connectivity index (χ2v) is 7.18. The van der Waals surface area contributed by atoms with Gasteiger partial charge in [-0.2, -0.15) is 12.6 Å². The van der Waals surface area contributed by atoms with Crippen LogP contribution in [0.3, 0.4) is 0 Å². The molecule has 5 atom stereocenters. The number of thiol groups is 1. The number of aliphatic hydroxyl groups is 1. The zero-order valence-electron chi connectivity index (χ0n) is 16.4. The fourth-order valence-electron chi connectivity index (χ4n) is 2.20. The van der Waals surface area contributed by atoms with Crippen LogP contribution in [0.1, 0.15) is 27.2 Å². The van der Waals surface area contributed by atoms with E-state index in [-0.39, 0.29) is 5.75 Å². The SMILES string of the molecule is CC(C)C(NC(=O)C(N)CC(N)=O)C(=O)NC(C(=O)NC(CS)C(=O)O)C(C)O. The highest BCUT2D eigenvalue weighted by atomic mass is 32.1. The third-order valence-electron chi connectivity index (χ3n) is 3.86. The first-order valence-corrected chi connectivity index (χ1v) is 9.41. The number of amides is 4. The molecule has 166 valence electrons. The van der Waals surface area contributed by atoms with Gasteiger partial charge in [-0.15, -0.1) is 0 Å². The van der Waals surface area contributed by atoms with Gasteiger partial charge in [0.25, 0.3) is 0 Å². The molecule has 0 aliphatic rings. The maximum atomic E-state index is 12.6. The summed E-state index contributed by atoms with van der Waals surface area (Å²) in [6.07, 6.45) is -1.79. The molecular weight excluding hydrogens is 406 g/mol. The van der Waals surface area contributed by atoms with Crippen LogP contribution in [-0.4, -0.2) is 75.8 Å². The highest BCUT2D eigenvalue weighted by molar-refractivity contribution is 7.80. The normalized spacial score (nSPS) is 16.1. The molecule has 0 aliphatic heterocycles. The number of aliphatic carboxylic acids is 1. The van der Waals surface area contributed by atoms with Crippen molar-refractivity contribution in [2.24, 2.45) is 17.4 Å². The first kappa shape index (κ1) is 26.6. The zero-order valence-corrected chi connectivity index (χ0v) is 17.3. The Morgan fingerprint density at radius 2 is 1.41 bits per heavy atom. The summed E-state index contributed by atoms with van der Waals surface area (Å²) in [4.78, 5) is 58.9. The lowest BCUT2D eigenvalue weighted by molar-refractivity contribution is -0.142. The third-order valence-corrected chi connectivity index (χ3v) is 4.23. The minimum Gasteiger partial charge on any atom is -0.480 e. The number of carbonyl (C=O) groups is 5. The molecule has 0 saturated heterocycles. The Kier molecular flexibility index (Phi) is 11.2. The summed E-state index contributed by atoms with van der Waals surface area (Å²) in [7, 11) is 0. The first-order chi connectivity index (χ1) is 13.3. The van der Waals surface area contributed by atoms with Crippen molar-refractivity contribution >= 4 is 42.2 Å². The smallest absolute Gasteiger partial charge is 0.327 e. The summed E-state index contributed by atoms with van der Waals surface area (Å²) in [5.41, 5.74) is 10.5. The highest BCUT2D eigenvalue weighted by Gasteiger charge is 2.33. The minimum atomic E-state index is -1.48. The average Bonchev–Trinajstić information content (AvgIpc) is 2.59. The van der Waals surface area contributed by atoms with Gasteiger partial charge in [0.1, 0.15) is 18.1 Å². The molecule has 4 amide bonds. The molecule has 0 aliphatic carbocycles. The van der Waals surface area contributed by atoms with Crippen molar-refractivity contribution in [3.8, 4) is 0 Å². The van der Waals surface area contributed by atoms with Gasteiger partial charge in [-0.1, -0.05) is 13.8 Å². The van der Waals surface area contributed by atoms with E-state index in [1.54, 1.807) is 13.8 Å². The van der Waals surface area contributed by atoms with Gasteiger partial charge in [0, 0.05) is 5.75 Å². The van der Waals surface area contributed by atoms with E-state index in [1.807, 2.05) is 0 Å². The molecule has 13 heteroatoms. The van der Waals surface area contributed by atoms with Crippen LogP contribution in [-0.2, 0) is 24.0 Å². The van der Waals surface area contributed by atoms with Crippen LogP contribution in [0.25, 0.3) is 0 Å². The van der Waals surface area contributed by atoms with Gasteiger partial charge >= 0.3 is 5.97 Å². The Bertz CT molecular complexity index is 629. The third kappa shape index (κ3) is 9.11. The molecule has 29 heavy (non-hydrogen) atoms. The van der Waals surface area contributed by atoms with Crippen molar-refractivity contribution in [1.82, 2.24) is 16.0 Å². The Hall–Kier alpha value is -2.38. The predicted octanol–water partition coefficient (Wildman–Crippen LogP) is -3.31. The molecule has 0 heterocycles. The van der Waals surface area contributed by atoms with Gasteiger partial charge in [-0.05, 0) is 12.8 Å². The van der Waals surface area contributed by atoms with E-state index in [0.717, 1.165) is 0 Å². The summed E-state index contributed by atoms with van der Waals surface area (Å²) in [6.45, 7) is 4.46. The lowest BCUT2D eigenvalue weighted by atomic mass is 10.0. The molecule has 0 radical (unpaired) electrons. The largest absolute Gasteiger partial charge is 0.480 e. The lowest BCUT2D eigenvalue weighted by Gasteiger charge is -2.27. The number of hydrogen-bond donors (Lipinski definition) is 8. The molecule has 12 nitrogen and oxygen atoms in total. The molecule has 0 spiro atoms. The topological polar surface area (TPSA) is 214 Å². The van der Waals surface area contributed by atoms with Crippen LogP contribution in [0.2, 0.25) is 0 Å². The van der Waals surface area contributed by atoms with Crippen LogP contribution in [0.5, 0.6) is 0 Å². The number of nitrogens with two attached hydrogens (primary N) is 2. The molecule has 0 saturated carbocycles. The summed E-state index contributed by atoms with van der Waals surface area (Å²) in [5.74, 6) is -5.31. The van der Waals surface area contributed by atoms with E-state index < -0.39 is 72.2 Å². The van der Waals surface area contributed by atoms with Crippen molar-refractivity contribution in [1.29, 1.82) is 0 Å². The van der Waals surface area contributed by atoms with Crippen molar-refractivity contribution in [2.45, 2.75) is 57.5 Å². The molecule has 0 aromatic heterocycles. The van der Waals surface area contributed by atoms with Crippen molar-refractivity contribution < 1.29 is 34.2 Å². The molecule has 0 rings (SSSR count). The maximum absolute atomic E-state index is 12.6. The fourth-order valence-corrected chi connectivity index (χ4v) is 2.45. The van der Waals surface area contributed by atoms with E-state index in [2.05, 4.69) is 28.6 Å². The van der Waals surface area contributed by atoms with E-state index in [0.29, 0.717) is 0 Å². The lowest BCUT2D eigenvalue weighted by Crippen LogP contribution is -2.61. The Morgan fingerprint density at radius 3 is 1.79 bits per heavy atom. The molecular formula is C16H29N5O7S. The molecule has 9 N–H and O–H groups in total. The van der Waals surface area contributed by atoms with E-state index in [9.17, 15) is 29.1 Å². The molecule has 5 unspecified atom stereocenters. The standard InChI is InChI=1S/C16H29N5O7S/c1-6(2)11(20-13(24)8(17)4-10(18)23)14(25)21-12(7(3)22)15(26)19-9(5-29)16(27)28/h6-9,11-12,22,29H,4-5,17H2,1-3H3,(H2,18,23)(H,19,26)(H,20,24)(H,21,25)(H,27,28). The zero-order chi connectivity index (χ0) is 22.9. The van der Waals surface area contributed by atoms with Crippen LogP contribution in [0.4, 0.5) is 0 Å². The second kappa shape index (κ2) is 12.2. The van der Waals surface area contributed by atoms with Gasteiger partial charge in [-0.3, -0.25) is 19.2 Å². The van der Waals surface area contributed by atoms with Crippen molar-refractivity contribution in [3.05, 3.63) is 0 Å². The summed E-state index contributed by atoms with van der Waals surface area (Å²) in [5, 5.41) is 25.6. The Morgan fingerprint density at radius 1 is 0.931 bits per heavy atom. The highest BCUT2D eigenvalue weighted by Crippen LogP contribution is 2.05. The van der Waals surface area contributed by atoms with Crippen molar-refractivity contribution in [3.63, 3.8) is 0 Å². The van der Waals surface area contributed by atoms with Gasteiger partial charge in [0.05, 0.1) is 18.6 Å². The van der Waals surface area contributed by atoms with E-state index >= 15 is 0 Å². The van der Waals surface area contributed by atoms with Crippen LogP contribution >= 0.6 is 12.6 Å². The Labute approximate surface area is 173 Å². The van der Waals surface area contributed by atoms with Gasteiger partial charge in [0.15, 0.2) is 0 Å². The number of primary amides is 1. The van der Waals surface area contributed by atoms with Crippen molar-refractivity contribution in [2.75, 3.05) is 5.75 Å². The summed E-state index contributed by atoms with van der Waals surface area (Å²) < 4.78 is 0. The van der Waals surface area contributed by atoms with Gasteiger partial charge < -0.3 is 37.6 Å². The van der Waals surface area contributed by atoms with Crippen LogP contribution in [0.15, 0.2) is 0 Å².